The molecule has 7 nitrogen and oxygen atoms in total. The van der Waals surface area contributed by atoms with E-state index in [9.17, 15) is 4.79 Å². The lowest BCUT2D eigenvalue weighted by Crippen LogP contribution is -2.28. The molecule has 3 rings (SSSR count). The highest BCUT2D eigenvalue weighted by molar-refractivity contribution is 5.97. The first-order valence-corrected chi connectivity index (χ1v) is 6.70. The molecule has 21 heavy (non-hydrogen) atoms. The predicted octanol–water partition coefficient (Wildman–Crippen LogP) is 1.63. The molecule has 1 unspecified atom stereocenters. The van der Waals surface area contributed by atoms with Crippen LogP contribution in [0.4, 0.5) is 5.95 Å². The van der Waals surface area contributed by atoms with Crippen molar-refractivity contribution in [2.24, 2.45) is 0 Å². The maximum Gasteiger partial charge on any atom is 0.338 e. The number of aromatic nitrogens is 4. The fraction of sp³-hybridized carbons (Fsp3) is 0.286. The van der Waals surface area contributed by atoms with Crippen molar-refractivity contribution in [1.82, 2.24) is 20.2 Å². The van der Waals surface area contributed by atoms with Crippen molar-refractivity contribution in [3.05, 3.63) is 41.5 Å². The van der Waals surface area contributed by atoms with Crippen LogP contribution in [0, 0.1) is 0 Å². The lowest BCUT2D eigenvalue weighted by Gasteiger charge is -2.27. The largest absolute Gasteiger partial charge is 0.463 e. The number of fused-ring (bicyclic) bond motifs is 1. The third-order valence-electron chi connectivity index (χ3n) is 3.37. The summed E-state index contributed by atoms with van der Waals surface area (Å²) in [6.07, 6.45) is 0. The van der Waals surface area contributed by atoms with Gasteiger partial charge in [-0.15, -0.1) is 0 Å². The van der Waals surface area contributed by atoms with E-state index >= 15 is 0 Å². The quantitative estimate of drug-likeness (QED) is 0.863. The molecular weight excluding hydrogens is 270 g/mol. The molecule has 0 saturated carbocycles. The Morgan fingerprint density at radius 2 is 2.14 bits per heavy atom. The van der Waals surface area contributed by atoms with E-state index in [0.717, 1.165) is 5.56 Å². The SMILES string of the molecule is CCOC(=O)C1=C(C)n2nnnc2NC1c1ccccc1. The second-order valence-corrected chi connectivity index (χ2v) is 4.62. The average molecular weight is 285 g/mol. The van der Waals surface area contributed by atoms with Crippen molar-refractivity contribution in [2.75, 3.05) is 11.9 Å². The number of nitrogens with zero attached hydrogens (tertiary/aromatic N) is 4. The monoisotopic (exact) mass is 285 g/mol. The number of carbonyl (C=O) groups is 1. The number of rotatable bonds is 3. The van der Waals surface area contributed by atoms with E-state index in [-0.39, 0.29) is 12.0 Å². The molecule has 0 spiro atoms. The van der Waals surface area contributed by atoms with Gasteiger partial charge >= 0.3 is 5.97 Å². The molecule has 1 atom stereocenters. The summed E-state index contributed by atoms with van der Waals surface area (Å²) in [6, 6.07) is 9.34. The Bertz CT molecular complexity index is 692. The number of anilines is 1. The predicted molar refractivity (Wildman–Crippen MR) is 76.1 cm³/mol. The van der Waals surface area contributed by atoms with Crippen molar-refractivity contribution < 1.29 is 9.53 Å². The van der Waals surface area contributed by atoms with E-state index in [2.05, 4.69) is 20.8 Å². The number of tetrazole rings is 1. The standard InChI is InChI=1S/C14H15N5O2/c1-3-21-13(20)11-9(2)19-14(16-17-18-19)15-12(11)10-7-5-4-6-8-10/h4-8,12H,3H2,1-2H3,(H,15,16,18). The third kappa shape index (κ3) is 2.26. The van der Waals surface area contributed by atoms with E-state index in [4.69, 9.17) is 4.74 Å². The zero-order valence-corrected chi connectivity index (χ0v) is 11.8. The van der Waals surface area contributed by atoms with Gasteiger partial charge in [0, 0.05) is 0 Å². The summed E-state index contributed by atoms with van der Waals surface area (Å²) in [4.78, 5) is 12.3. The molecule has 0 amide bonds. The van der Waals surface area contributed by atoms with Gasteiger partial charge in [-0.25, -0.2) is 4.79 Å². The zero-order chi connectivity index (χ0) is 14.8. The molecule has 2 heterocycles. The van der Waals surface area contributed by atoms with Crippen LogP contribution >= 0.6 is 0 Å². The van der Waals surface area contributed by atoms with Crippen LogP contribution in [0.15, 0.2) is 35.9 Å². The highest BCUT2D eigenvalue weighted by Gasteiger charge is 2.33. The Morgan fingerprint density at radius 3 is 2.86 bits per heavy atom. The molecule has 7 heteroatoms. The number of hydrogen-bond acceptors (Lipinski definition) is 6. The fourth-order valence-electron chi connectivity index (χ4n) is 2.40. The minimum atomic E-state index is -0.363. The van der Waals surface area contributed by atoms with Crippen LogP contribution in [-0.2, 0) is 9.53 Å². The Hall–Kier alpha value is -2.70. The lowest BCUT2D eigenvalue weighted by atomic mass is 9.96. The van der Waals surface area contributed by atoms with Crippen LogP contribution in [0.25, 0.3) is 5.70 Å². The molecule has 0 radical (unpaired) electrons. The van der Waals surface area contributed by atoms with Crippen molar-refractivity contribution in [2.45, 2.75) is 19.9 Å². The normalized spacial score (nSPS) is 17.1. The van der Waals surface area contributed by atoms with E-state index < -0.39 is 0 Å². The van der Waals surface area contributed by atoms with Gasteiger partial charge in [-0.3, -0.25) is 0 Å². The smallest absolute Gasteiger partial charge is 0.338 e. The maximum absolute atomic E-state index is 12.3. The molecule has 0 fully saturated rings. The summed E-state index contributed by atoms with van der Waals surface area (Å²) in [7, 11) is 0. The second-order valence-electron chi connectivity index (χ2n) is 4.62. The van der Waals surface area contributed by atoms with E-state index in [1.165, 1.54) is 4.68 Å². The highest BCUT2D eigenvalue weighted by atomic mass is 16.5. The molecule has 1 N–H and O–H groups in total. The van der Waals surface area contributed by atoms with Crippen molar-refractivity contribution in [3.63, 3.8) is 0 Å². The minimum absolute atomic E-state index is 0.319. The Balaban J connectivity index is 2.11. The Morgan fingerprint density at radius 1 is 1.38 bits per heavy atom. The maximum atomic E-state index is 12.3. The number of carbonyl (C=O) groups excluding carboxylic acids is 1. The third-order valence-corrected chi connectivity index (χ3v) is 3.37. The van der Waals surface area contributed by atoms with Gasteiger partial charge in [0.05, 0.1) is 23.9 Å². The molecule has 0 aliphatic carbocycles. The molecule has 1 aromatic carbocycles. The van der Waals surface area contributed by atoms with Crippen LogP contribution in [0.1, 0.15) is 25.5 Å². The first-order valence-electron chi connectivity index (χ1n) is 6.70. The molecule has 0 saturated heterocycles. The minimum Gasteiger partial charge on any atom is -0.463 e. The van der Waals surface area contributed by atoms with Crippen LogP contribution in [0.5, 0.6) is 0 Å². The van der Waals surface area contributed by atoms with E-state index in [1.807, 2.05) is 37.3 Å². The summed E-state index contributed by atoms with van der Waals surface area (Å²) in [5.41, 5.74) is 2.14. The topological polar surface area (TPSA) is 81.9 Å². The average Bonchev–Trinajstić information content (AvgIpc) is 2.97. The van der Waals surface area contributed by atoms with Crippen LogP contribution in [-0.4, -0.2) is 32.8 Å². The van der Waals surface area contributed by atoms with E-state index in [1.54, 1.807) is 6.92 Å². The number of nitrogens with one attached hydrogen (secondary N) is 1. The molecule has 108 valence electrons. The van der Waals surface area contributed by atoms with Gasteiger partial charge in [0.1, 0.15) is 0 Å². The van der Waals surface area contributed by atoms with Crippen LogP contribution in [0.3, 0.4) is 0 Å². The Kier molecular flexibility index (Phi) is 3.39. The molecule has 1 aliphatic rings. The molecule has 1 aromatic heterocycles. The fourth-order valence-corrected chi connectivity index (χ4v) is 2.40. The van der Waals surface area contributed by atoms with Crippen LogP contribution in [0.2, 0.25) is 0 Å². The summed E-state index contributed by atoms with van der Waals surface area (Å²) in [5, 5.41) is 14.6. The summed E-state index contributed by atoms with van der Waals surface area (Å²) in [5.74, 6) is 0.145. The summed E-state index contributed by atoms with van der Waals surface area (Å²) in [6.45, 7) is 3.91. The molecule has 0 bridgehead atoms. The number of allylic oxidation sites excluding steroid dienone is 1. The lowest BCUT2D eigenvalue weighted by molar-refractivity contribution is -0.138. The Labute approximate surface area is 121 Å². The van der Waals surface area contributed by atoms with Crippen molar-refractivity contribution >= 4 is 17.6 Å². The van der Waals surface area contributed by atoms with Gasteiger partial charge in [-0.2, -0.15) is 4.68 Å². The number of benzene rings is 1. The molecule has 1 aliphatic heterocycles. The second kappa shape index (κ2) is 5.35. The highest BCUT2D eigenvalue weighted by Crippen LogP contribution is 2.34. The molecule has 2 aromatic rings. The molecular formula is C14H15N5O2. The zero-order valence-electron chi connectivity index (χ0n) is 11.8. The summed E-state index contributed by atoms with van der Waals surface area (Å²) < 4.78 is 6.68. The first kappa shape index (κ1) is 13.3. The number of esters is 1. The van der Waals surface area contributed by atoms with Gasteiger partial charge in [-0.05, 0) is 29.8 Å². The van der Waals surface area contributed by atoms with Gasteiger partial charge < -0.3 is 10.1 Å². The van der Waals surface area contributed by atoms with Crippen molar-refractivity contribution in [1.29, 1.82) is 0 Å². The van der Waals surface area contributed by atoms with Gasteiger partial charge in [0.2, 0.25) is 5.95 Å². The van der Waals surface area contributed by atoms with Crippen molar-refractivity contribution in [3.8, 4) is 0 Å². The van der Waals surface area contributed by atoms with Gasteiger partial charge in [-0.1, -0.05) is 35.4 Å². The van der Waals surface area contributed by atoms with E-state index in [0.29, 0.717) is 23.8 Å². The number of ether oxygens (including phenoxy) is 1. The van der Waals surface area contributed by atoms with Gasteiger partial charge in [0.15, 0.2) is 0 Å². The first-order chi connectivity index (χ1) is 10.2. The van der Waals surface area contributed by atoms with Crippen LogP contribution < -0.4 is 5.32 Å². The van der Waals surface area contributed by atoms with Gasteiger partial charge in [0.25, 0.3) is 0 Å². The number of hydrogen-bond donors (Lipinski definition) is 1. The summed E-state index contributed by atoms with van der Waals surface area (Å²) >= 11 is 0.